The number of ether oxygens (including phenoxy) is 2. The third kappa shape index (κ3) is 6.60. The van der Waals surface area contributed by atoms with Crippen LogP contribution in [0.3, 0.4) is 0 Å². The Morgan fingerprint density at radius 1 is 1.19 bits per heavy atom. The lowest BCUT2D eigenvalue weighted by Gasteiger charge is -2.16. The molecule has 6 nitrogen and oxygen atoms in total. The van der Waals surface area contributed by atoms with Gasteiger partial charge in [0.05, 0.1) is 13.7 Å². The summed E-state index contributed by atoms with van der Waals surface area (Å²) in [5.41, 5.74) is 2.54. The fraction of sp³-hybridized carbons (Fsp3) is 0.360. The van der Waals surface area contributed by atoms with Crippen LogP contribution in [0.5, 0.6) is 11.5 Å². The van der Waals surface area contributed by atoms with E-state index in [0.717, 1.165) is 24.1 Å². The van der Waals surface area contributed by atoms with Gasteiger partial charge in [-0.1, -0.05) is 32.0 Å². The average Bonchev–Trinajstić information content (AvgIpc) is 3.15. The number of nitrogens with one attached hydrogen (secondary N) is 1. The van der Waals surface area contributed by atoms with Gasteiger partial charge in [0.1, 0.15) is 0 Å². The molecule has 0 atom stereocenters. The number of anilines is 1. The summed E-state index contributed by atoms with van der Waals surface area (Å²) in [4.78, 5) is 26.0. The highest BCUT2D eigenvalue weighted by atomic mass is 16.5. The number of amides is 2. The van der Waals surface area contributed by atoms with Crippen LogP contribution in [-0.2, 0) is 16.1 Å². The van der Waals surface area contributed by atoms with Crippen LogP contribution in [0.25, 0.3) is 6.08 Å². The van der Waals surface area contributed by atoms with Crippen molar-refractivity contribution in [2.45, 2.75) is 33.2 Å². The van der Waals surface area contributed by atoms with Crippen LogP contribution in [-0.4, -0.2) is 37.0 Å². The zero-order valence-corrected chi connectivity index (χ0v) is 18.4. The molecule has 0 spiro atoms. The predicted octanol–water partition coefficient (Wildman–Crippen LogP) is 4.50. The summed E-state index contributed by atoms with van der Waals surface area (Å²) in [6, 6.07) is 13.2. The van der Waals surface area contributed by atoms with E-state index < -0.39 is 0 Å². The van der Waals surface area contributed by atoms with Crippen molar-refractivity contribution in [3.8, 4) is 11.5 Å². The van der Waals surface area contributed by atoms with Crippen molar-refractivity contribution in [3.05, 3.63) is 59.7 Å². The molecule has 0 radical (unpaired) electrons. The van der Waals surface area contributed by atoms with Crippen LogP contribution in [0.15, 0.2) is 48.5 Å². The first kappa shape index (κ1) is 22.4. The molecule has 31 heavy (non-hydrogen) atoms. The van der Waals surface area contributed by atoms with Crippen LogP contribution in [0.2, 0.25) is 0 Å². The Balaban J connectivity index is 1.60. The van der Waals surface area contributed by atoms with Crippen molar-refractivity contribution < 1.29 is 19.1 Å². The minimum absolute atomic E-state index is 0.188. The molecule has 1 aliphatic heterocycles. The maximum Gasteiger partial charge on any atom is 0.248 e. The first-order valence-electron chi connectivity index (χ1n) is 10.6. The number of likely N-dealkylation sites (tertiary alicyclic amines) is 1. The Morgan fingerprint density at radius 2 is 2.03 bits per heavy atom. The molecule has 2 aromatic rings. The van der Waals surface area contributed by atoms with E-state index in [1.807, 2.05) is 47.4 Å². The van der Waals surface area contributed by atoms with E-state index in [1.165, 1.54) is 6.08 Å². The van der Waals surface area contributed by atoms with Gasteiger partial charge in [0.25, 0.3) is 0 Å². The van der Waals surface area contributed by atoms with E-state index in [0.29, 0.717) is 42.7 Å². The number of carbonyl (C=O) groups excluding carboxylic acids is 2. The third-order valence-corrected chi connectivity index (χ3v) is 4.93. The molecule has 3 rings (SSSR count). The highest BCUT2D eigenvalue weighted by Crippen LogP contribution is 2.29. The summed E-state index contributed by atoms with van der Waals surface area (Å²) in [5, 5.41) is 2.88. The van der Waals surface area contributed by atoms with Gasteiger partial charge >= 0.3 is 0 Å². The van der Waals surface area contributed by atoms with Gasteiger partial charge in [-0.15, -0.1) is 0 Å². The maximum absolute atomic E-state index is 12.4. The molecule has 1 aliphatic rings. The Bertz CT molecular complexity index is 952. The summed E-state index contributed by atoms with van der Waals surface area (Å²) in [6.07, 6.45) is 4.75. The topological polar surface area (TPSA) is 67.9 Å². The van der Waals surface area contributed by atoms with E-state index in [-0.39, 0.29) is 11.8 Å². The van der Waals surface area contributed by atoms with Crippen molar-refractivity contribution in [2.75, 3.05) is 25.6 Å². The monoisotopic (exact) mass is 422 g/mol. The van der Waals surface area contributed by atoms with Gasteiger partial charge < -0.3 is 19.7 Å². The van der Waals surface area contributed by atoms with Crippen molar-refractivity contribution in [1.82, 2.24) is 4.90 Å². The van der Waals surface area contributed by atoms with E-state index in [2.05, 4.69) is 19.2 Å². The van der Waals surface area contributed by atoms with Gasteiger partial charge in [0, 0.05) is 31.3 Å². The molecule has 6 heteroatoms. The van der Waals surface area contributed by atoms with Crippen LogP contribution in [0.1, 0.15) is 37.8 Å². The first-order chi connectivity index (χ1) is 14.9. The van der Waals surface area contributed by atoms with E-state index >= 15 is 0 Å². The van der Waals surface area contributed by atoms with Gasteiger partial charge in [-0.05, 0) is 53.8 Å². The standard InChI is InChI=1S/C25H30N2O4/c1-18(2)17-31-22-11-9-19(15-23(22)30-3)10-12-24(28)26-21-7-4-6-20(14-21)16-27-13-5-8-25(27)29/h4,6-7,9-12,14-15,18H,5,8,13,16-17H2,1-3H3,(H,26,28)/b12-10+. The fourth-order valence-electron chi connectivity index (χ4n) is 3.36. The summed E-state index contributed by atoms with van der Waals surface area (Å²) in [5.74, 6) is 1.70. The third-order valence-electron chi connectivity index (χ3n) is 4.93. The summed E-state index contributed by atoms with van der Waals surface area (Å²) < 4.78 is 11.2. The lowest BCUT2D eigenvalue weighted by molar-refractivity contribution is -0.128. The second-order valence-corrected chi connectivity index (χ2v) is 8.06. The Hall–Kier alpha value is -3.28. The number of methoxy groups -OCH3 is 1. The van der Waals surface area contributed by atoms with E-state index in [4.69, 9.17) is 9.47 Å². The number of benzene rings is 2. The molecule has 0 aromatic heterocycles. The average molecular weight is 423 g/mol. The molecule has 1 fully saturated rings. The SMILES string of the molecule is COc1cc(/C=C/C(=O)Nc2cccc(CN3CCCC3=O)c2)ccc1OCC(C)C. The van der Waals surface area contributed by atoms with Gasteiger partial charge in [-0.3, -0.25) is 9.59 Å². The molecule has 0 bridgehead atoms. The lowest BCUT2D eigenvalue weighted by Crippen LogP contribution is -2.23. The van der Waals surface area contributed by atoms with Crippen LogP contribution >= 0.6 is 0 Å². The Labute approximate surface area is 183 Å². The summed E-state index contributed by atoms with van der Waals surface area (Å²) >= 11 is 0. The molecule has 0 unspecified atom stereocenters. The molecule has 2 amide bonds. The quantitative estimate of drug-likeness (QED) is 0.604. The van der Waals surface area contributed by atoms with Gasteiger partial charge in [-0.25, -0.2) is 0 Å². The molecule has 2 aromatic carbocycles. The number of carbonyl (C=O) groups is 2. The van der Waals surface area contributed by atoms with Gasteiger partial charge in [0.2, 0.25) is 11.8 Å². The largest absolute Gasteiger partial charge is 0.493 e. The number of hydrogen-bond acceptors (Lipinski definition) is 4. The maximum atomic E-state index is 12.4. The van der Waals surface area contributed by atoms with E-state index in [1.54, 1.807) is 13.2 Å². The van der Waals surface area contributed by atoms with Crippen molar-refractivity contribution in [1.29, 1.82) is 0 Å². The minimum Gasteiger partial charge on any atom is -0.493 e. The zero-order chi connectivity index (χ0) is 22.2. The van der Waals surface area contributed by atoms with Crippen molar-refractivity contribution >= 4 is 23.6 Å². The second kappa shape index (κ2) is 10.7. The number of rotatable bonds is 9. The molecular formula is C25H30N2O4. The second-order valence-electron chi connectivity index (χ2n) is 8.06. The lowest BCUT2D eigenvalue weighted by atomic mass is 10.1. The van der Waals surface area contributed by atoms with Crippen LogP contribution in [0.4, 0.5) is 5.69 Å². The van der Waals surface area contributed by atoms with Gasteiger partial charge in [0.15, 0.2) is 11.5 Å². The van der Waals surface area contributed by atoms with Crippen molar-refractivity contribution in [3.63, 3.8) is 0 Å². The van der Waals surface area contributed by atoms with Crippen LogP contribution in [0, 0.1) is 5.92 Å². The molecule has 164 valence electrons. The highest BCUT2D eigenvalue weighted by Gasteiger charge is 2.20. The minimum atomic E-state index is -0.228. The summed E-state index contributed by atoms with van der Waals surface area (Å²) in [7, 11) is 1.60. The summed E-state index contributed by atoms with van der Waals surface area (Å²) in [6.45, 7) is 6.15. The molecule has 1 N–H and O–H groups in total. The molecule has 1 saturated heterocycles. The van der Waals surface area contributed by atoms with Crippen molar-refractivity contribution in [2.24, 2.45) is 5.92 Å². The molecule has 0 aliphatic carbocycles. The Kier molecular flexibility index (Phi) is 7.70. The van der Waals surface area contributed by atoms with E-state index in [9.17, 15) is 9.59 Å². The molecule has 0 saturated carbocycles. The first-order valence-corrected chi connectivity index (χ1v) is 10.6. The molecular weight excluding hydrogens is 392 g/mol. The highest BCUT2D eigenvalue weighted by molar-refractivity contribution is 6.02. The van der Waals surface area contributed by atoms with Gasteiger partial charge in [-0.2, -0.15) is 0 Å². The zero-order valence-electron chi connectivity index (χ0n) is 18.4. The number of hydrogen-bond donors (Lipinski definition) is 1. The predicted molar refractivity (Wildman–Crippen MR) is 122 cm³/mol. The van der Waals surface area contributed by atoms with Crippen LogP contribution < -0.4 is 14.8 Å². The molecule has 1 heterocycles. The fourth-order valence-corrected chi connectivity index (χ4v) is 3.36. The number of nitrogens with zero attached hydrogens (tertiary/aromatic N) is 1. The normalized spacial score (nSPS) is 13.8. The smallest absolute Gasteiger partial charge is 0.248 e. The Morgan fingerprint density at radius 3 is 2.74 bits per heavy atom.